The highest BCUT2D eigenvalue weighted by Gasteiger charge is 2.21. The molecule has 2 rings (SSSR count). The van der Waals surface area contributed by atoms with Crippen LogP contribution in [0.25, 0.3) is 0 Å². The normalized spacial score (nSPS) is 10.2. The third-order valence-corrected chi connectivity index (χ3v) is 3.22. The minimum Gasteiger partial charge on any atom is -0.449 e. The second kappa shape index (κ2) is 6.01. The molecule has 0 aliphatic rings. The fourth-order valence-corrected chi connectivity index (χ4v) is 2.37. The van der Waals surface area contributed by atoms with Gasteiger partial charge in [-0.05, 0) is 30.7 Å². The van der Waals surface area contributed by atoms with Gasteiger partial charge in [0.25, 0.3) is 0 Å². The first kappa shape index (κ1) is 15.1. The van der Waals surface area contributed by atoms with Crippen molar-refractivity contribution in [3.8, 4) is 11.5 Å². The zero-order valence-electron chi connectivity index (χ0n) is 10.8. The number of aldehydes is 1. The molecule has 108 valence electrons. The van der Waals surface area contributed by atoms with Gasteiger partial charge in [0, 0.05) is 10.5 Å². The predicted molar refractivity (Wildman–Crippen MR) is 77.4 cm³/mol. The molecule has 0 unspecified atom stereocenters. The molecule has 7 heteroatoms. The lowest BCUT2D eigenvalue weighted by atomic mass is 10.1. The van der Waals surface area contributed by atoms with Crippen molar-refractivity contribution >= 4 is 27.9 Å². The summed E-state index contributed by atoms with van der Waals surface area (Å²) < 4.78 is 19.5. The van der Waals surface area contributed by atoms with Crippen molar-refractivity contribution in [3.63, 3.8) is 0 Å². The SMILES string of the molecule is Cc1cc(Br)cc([N+](=O)[O-])c1Oc1cccc(F)c1C=O. The maximum absolute atomic E-state index is 13.5. The molecule has 0 aromatic heterocycles. The average molecular weight is 354 g/mol. The highest BCUT2D eigenvalue weighted by molar-refractivity contribution is 9.10. The van der Waals surface area contributed by atoms with E-state index in [9.17, 15) is 19.3 Å². The Morgan fingerprint density at radius 3 is 2.71 bits per heavy atom. The van der Waals surface area contributed by atoms with E-state index in [1.165, 1.54) is 18.2 Å². The van der Waals surface area contributed by atoms with Gasteiger partial charge < -0.3 is 4.74 Å². The Balaban J connectivity index is 2.57. The fourth-order valence-electron chi connectivity index (χ4n) is 1.81. The monoisotopic (exact) mass is 353 g/mol. The largest absolute Gasteiger partial charge is 0.449 e. The highest BCUT2D eigenvalue weighted by atomic mass is 79.9. The molecular weight excluding hydrogens is 345 g/mol. The number of nitro groups is 1. The summed E-state index contributed by atoms with van der Waals surface area (Å²) in [6, 6.07) is 6.75. The zero-order chi connectivity index (χ0) is 15.6. The quantitative estimate of drug-likeness (QED) is 0.463. The van der Waals surface area contributed by atoms with Gasteiger partial charge in [-0.15, -0.1) is 0 Å². The molecule has 0 N–H and O–H groups in total. The summed E-state index contributed by atoms with van der Waals surface area (Å²) in [7, 11) is 0. The van der Waals surface area contributed by atoms with E-state index >= 15 is 0 Å². The second-order valence-corrected chi connectivity index (χ2v) is 5.12. The molecule has 0 heterocycles. The predicted octanol–water partition coefficient (Wildman–Crippen LogP) is 4.41. The fraction of sp³-hybridized carbons (Fsp3) is 0.0714. The van der Waals surface area contributed by atoms with Crippen molar-refractivity contribution in [1.29, 1.82) is 0 Å². The molecule has 0 spiro atoms. The topological polar surface area (TPSA) is 69.4 Å². The van der Waals surface area contributed by atoms with Crippen LogP contribution in [0, 0.1) is 22.9 Å². The Morgan fingerprint density at radius 1 is 1.38 bits per heavy atom. The molecule has 0 saturated heterocycles. The van der Waals surface area contributed by atoms with Gasteiger partial charge in [0.05, 0.1) is 10.5 Å². The van der Waals surface area contributed by atoms with Crippen LogP contribution in [0.1, 0.15) is 15.9 Å². The molecule has 21 heavy (non-hydrogen) atoms. The number of carbonyl (C=O) groups excluding carboxylic acids is 1. The van der Waals surface area contributed by atoms with Crippen LogP contribution in [0.15, 0.2) is 34.8 Å². The van der Waals surface area contributed by atoms with E-state index in [-0.39, 0.29) is 22.7 Å². The van der Waals surface area contributed by atoms with E-state index in [1.807, 2.05) is 0 Å². The highest BCUT2D eigenvalue weighted by Crippen LogP contribution is 2.38. The van der Waals surface area contributed by atoms with Crippen LogP contribution in [-0.2, 0) is 0 Å². The maximum Gasteiger partial charge on any atom is 0.312 e. The summed E-state index contributed by atoms with van der Waals surface area (Å²) in [5.74, 6) is -0.852. The van der Waals surface area contributed by atoms with Crippen molar-refractivity contribution in [1.82, 2.24) is 0 Å². The van der Waals surface area contributed by atoms with Gasteiger partial charge in [0.15, 0.2) is 6.29 Å². The number of benzene rings is 2. The second-order valence-electron chi connectivity index (χ2n) is 4.20. The molecular formula is C14H9BrFNO4. The van der Waals surface area contributed by atoms with Gasteiger partial charge in [-0.3, -0.25) is 14.9 Å². The molecule has 0 amide bonds. The molecule has 0 aliphatic heterocycles. The third-order valence-electron chi connectivity index (χ3n) is 2.76. The van der Waals surface area contributed by atoms with Crippen LogP contribution in [0.4, 0.5) is 10.1 Å². The number of hydrogen-bond donors (Lipinski definition) is 0. The average Bonchev–Trinajstić information content (AvgIpc) is 2.41. The number of aryl methyl sites for hydroxylation is 1. The number of halogens is 2. The lowest BCUT2D eigenvalue weighted by molar-refractivity contribution is -0.385. The van der Waals surface area contributed by atoms with Crippen molar-refractivity contribution < 1.29 is 18.8 Å². The molecule has 0 radical (unpaired) electrons. The van der Waals surface area contributed by atoms with Gasteiger partial charge >= 0.3 is 5.69 Å². The first-order valence-corrected chi connectivity index (χ1v) is 6.59. The number of ether oxygens (including phenoxy) is 1. The summed E-state index contributed by atoms with van der Waals surface area (Å²) in [5, 5.41) is 11.1. The summed E-state index contributed by atoms with van der Waals surface area (Å²) >= 11 is 3.16. The summed E-state index contributed by atoms with van der Waals surface area (Å²) in [6.07, 6.45) is 0.310. The van der Waals surface area contributed by atoms with E-state index in [2.05, 4.69) is 15.9 Å². The van der Waals surface area contributed by atoms with Crippen LogP contribution in [0.5, 0.6) is 11.5 Å². The third kappa shape index (κ3) is 3.08. The van der Waals surface area contributed by atoms with Crippen LogP contribution in [-0.4, -0.2) is 11.2 Å². The summed E-state index contributed by atoms with van der Waals surface area (Å²) in [4.78, 5) is 21.4. The summed E-state index contributed by atoms with van der Waals surface area (Å²) in [6.45, 7) is 1.62. The Hall–Kier alpha value is -2.28. The van der Waals surface area contributed by atoms with Crippen molar-refractivity contribution in [2.75, 3.05) is 0 Å². The number of carbonyl (C=O) groups is 1. The molecule has 0 bridgehead atoms. The van der Waals surface area contributed by atoms with Gasteiger partial charge in [0.2, 0.25) is 5.75 Å². The van der Waals surface area contributed by atoms with Crippen molar-refractivity contribution in [2.45, 2.75) is 6.92 Å². The van der Waals surface area contributed by atoms with E-state index in [1.54, 1.807) is 13.0 Å². The van der Waals surface area contributed by atoms with Gasteiger partial charge in [-0.1, -0.05) is 22.0 Å². The summed E-state index contributed by atoms with van der Waals surface area (Å²) in [5.41, 5.74) is -0.0747. The Morgan fingerprint density at radius 2 is 2.10 bits per heavy atom. The first-order chi connectivity index (χ1) is 9.93. The number of hydrogen-bond acceptors (Lipinski definition) is 4. The Labute approximate surface area is 127 Å². The van der Waals surface area contributed by atoms with Crippen LogP contribution in [0.2, 0.25) is 0 Å². The minimum absolute atomic E-state index is 0.0306. The molecule has 2 aromatic carbocycles. The molecule has 2 aromatic rings. The standard InChI is InChI=1S/C14H9BrFNO4/c1-8-5-9(15)6-12(17(19)20)14(8)21-13-4-2-3-11(16)10(13)7-18/h2-7H,1H3. The Bertz CT molecular complexity index is 733. The van der Waals surface area contributed by atoms with E-state index in [0.717, 1.165) is 6.07 Å². The zero-order valence-corrected chi connectivity index (χ0v) is 12.4. The number of nitro benzene ring substituents is 1. The van der Waals surface area contributed by atoms with Gasteiger partial charge in [-0.25, -0.2) is 4.39 Å². The number of nitrogens with zero attached hydrogens (tertiary/aromatic N) is 1. The lowest BCUT2D eigenvalue weighted by Crippen LogP contribution is -1.99. The first-order valence-electron chi connectivity index (χ1n) is 5.80. The van der Waals surface area contributed by atoms with E-state index in [0.29, 0.717) is 16.3 Å². The smallest absolute Gasteiger partial charge is 0.312 e. The van der Waals surface area contributed by atoms with E-state index < -0.39 is 10.7 Å². The molecule has 0 saturated carbocycles. The van der Waals surface area contributed by atoms with Crippen LogP contribution < -0.4 is 4.74 Å². The van der Waals surface area contributed by atoms with Crippen molar-refractivity contribution in [2.24, 2.45) is 0 Å². The molecule has 0 aliphatic carbocycles. The number of rotatable bonds is 4. The Kier molecular flexibility index (Phi) is 4.32. The van der Waals surface area contributed by atoms with Gasteiger partial charge in [0.1, 0.15) is 11.6 Å². The molecule has 5 nitrogen and oxygen atoms in total. The molecule has 0 fully saturated rings. The van der Waals surface area contributed by atoms with Crippen molar-refractivity contribution in [3.05, 3.63) is 61.9 Å². The van der Waals surface area contributed by atoms with Crippen LogP contribution >= 0.6 is 15.9 Å². The lowest BCUT2D eigenvalue weighted by Gasteiger charge is -2.11. The van der Waals surface area contributed by atoms with Crippen LogP contribution in [0.3, 0.4) is 0 Å². The maximum atomic E-state index is 13.5. The molecule has 0 atom stereocenters. The van der Waals surface area contributed by atoms with E-state index in [4.69, 9.17) is 4.74 Å². The minimum atomic E-state index is -0.750. The van der Waals surface area contributed by atoms with Gasteiger partial charge in [-0.2, -0.15) is 0 Å².